The number of aliphatic carboxylic acids is 1. The van der Waals surface area contributed by atoms with E-state index in [4.69, 9.17) is 5.11 Å². The van der Waals surface area contributed by atoms with Crippen LogP contribution in [0.2, 0.25) is 0 Å². The van der Waals surface area contributed by atoms with Gasteiger partial charge in [-0.2, -0.15) is 0 Å². The molecule has 0 aliphatic heterocycles. The summed E-state index contributed by atoms with van der Waals surface area (Å²) in [5.41, 5.74) is 0. The maximum Gasteiger partial charge on any atom is 0.310 e. The predicted molar refractivity (Wildman–Crippen MR) is 52.0 cm³/mol. The third-order valence-electron chi connectivity index (χ3n) is 3.51. The molecule has 0 saturated heterocycles. The molecule has 0 aromatic heterocycles. The summed E-state index contributed by atoms with van der Waals surface area (Å²) in [6.07, 6.45) is 5.51. The van der Waals surface area contributed by atoms with E-state index in [-0.39, 0.29) is 17.8 Å². The van der Waals surface area contributed by atoms with Crippen LogP contribution < -0.4 is 0 Å². The van der Waals surface area contributed by atoms with E-state index >= 15 is 0 Å². The highest BCUT2D eigenvalue weighted by atomic mass is 16.5. The van der Waals surface area contributed by atoms with E-state index in [1.54, 1.807) is 0 Å². The molecule has 82 valence electrons. The number of rotatable bonds is 2. The van der Waals surface area contributed by atoms with Gasteiger partial charge >= 0.3 is 11.9 Å². The molecule has 4 atom stereocenters. The Hall–Kier alpha value is -1.32. The number of carboxylic acid groups (broad SMARTS) is 1. The molecule has 0 aromatic rings. The highest BCUT2D eigenvalue weighted by Gasteiger charge is 2.51. The number of carbonyl (C=O) groups excluding carboxylic acids is 1. The summed E-state index contributed by atoms with van der Waals surface area (Å²) >= 11 is 0. The lowest BCUT2D eigenvalue weighted by Gasteiger charge is -2.17. The molecule has 1 fully saturated rings. The van der Waals surface area contributed by atoms with Gasteiger partial charge in [0.15, 0.2) is 0 Å². The zero-order valence-corrected chi connectivity index (χ0v) is 8.55. The summed E-state index contributed by atoms with van der Waals surface area (Å²) in [7, 11) is 1.31. The van der Waals surface area contributed by atoms with Gasteiger partial charge in [-0.3, -0.25) is 9.59 Å². The van der Waals surface area contributed by atoms with E-state index in [9.17, 15) is 9.59 Å². The highest BCUT2D eigenvalue weighted by molar-refractivity contribution is 5.82. The topological polar surface area (TPSA) is 63.6 Å². The molecule has 4 unspecified atom stereocenters. The Balaban J connectivity index is 2.29. The minimum atomic E-state index is -0.874. The van der Waals surface area contributed by atoms with Crippen molar-refractivity contribution in [1.82, 2.24) is 0 Å². The molecule has 4 heteroatoms. The van der Waals surface area contributed by atoms with Crippen molar-refractivity contribution in [3.05, 3.63) is 12.2 Å². The number of esters is 1. The fourth-order valence-corrected chi connectivity index (χ4v) is 2.88. The zero-order chi connectivity index (χ0) is 11.0. The largest absolute Gasteiger partial charge is 0.481 e. The van der Waals surface area contributed by atoms with E-state index in [0.717, 1.165) is 12.8 Å². The van der Waals surface area contributed by atoms with Crippen LogP contribution in [0.3, 0.4) is 0 Å². The van der Waals surface area contributed by atoms with E-state index in [0.29, 0.717) is 0 Å². The summed E-state index contributed by atoms with van der Waals surface area (Å²) in [6.45, 7) is 0. The van der Waals surface area contributed by atoms with E-state index in [1.165, 1.54) is 7.11 Å². The Labute approximate surface area is 87.9 Å². The summed E-state index contributed by atoms with van der Waals surface area (Å²) in [5.74, 6) is -2.17. The van der Waals surface area contributed by atoms with Gasteiger partial charge in [-0.25, -0.2) is 0 Å². The van der Waals surface area contributed by atoms with E-state index < -0.39 is 17.8 Å². The predicted octanol–water partition coefficient (Wildman–Crippen LogP) is 1.07. The summed E-state index contributed by atoms with van der Waals surface area (Å²) in [6, 6.07) is 0. The zero-order valence-electron chi connectivity index (χ0n) is 8.55. The molecule has 4 nitrogen and oxygen atoms in total. The summed E-state index contributed by atoms with van der Waals surface area (Å²) < 4.78 is 4.69. The highest BCUT2D eigenvalue weighted by Crippen LogP contribution is 2.47. The minimum Gasteiger partial charge on any atom is -0.481 e. The Morgan fingerprint density at radius 2 is 2.13 bits per heavy atom. The summed E-state index contributed by atoms with van der Waals surface area (Å²) in [5, 5.41) is 9.14. The van der Waals surface area contributed by atoms with Crippen molar-refractivity contribution >= 4 is 11.9 Å². The lowest BCUT2D eigenvalue weighted by atomic mass is 9.88. The second-order valence-electron chi connectivity index (χ2n) is 4.24. The molecule has 2 rings (SSSR count). The standard InChI is InChI=1S/C11H14O4/c1-15-11(14)9-7-4-2-3-6(5-7)8(9)10(12)13/h2,4,6-9H,3,5H2,1H3,(H,12,13). The first-order chi connectivity index (χ1) is 7.15. The molecule has 0 spiro atoms. The lowest BCUT2D eigenvalue weighted by Crippen LogP contribution is -2.31. The van der Waals surface area contributed by atoms with E-state index in [1.807, 2.05) is 12.2 Å². The van der Waals surface area contributed by atoms with Gasteiger partial charge in [0.05, 0.1) is 18.9 Å². The second-order valence-corrected chi connectivity index (χ2v) is 4.24. The normalized spacial score (nSPS) is 37.7. The van der Waals surface area contributed by atoms with Crippen LogP contribution in [0.5, 0.6) is 0 Å². The number of hydrogen-bond donors (Lipinski definition) is 1. The van der Waals surface area contributed by atoms with E-state index in [2.05, 4.69) is 4.74 Å². The van der Waals surface area contributed by atoms with Gasteiger partial charge in [0, 0.05) is 0 Å². The van der Waals surface area contributed by atoms with Crippen molar-refractivity contribution in [1.29, 1.82) is 0 Å². The molecule has 15 heavy (non-hydrogen) atoms. The maximum atomic E-state index is 11.6. The molecule has 1 saturated carbocycles. The number of carbonyl (C=O) groups is 2. The van der Waals surface area contributed by atoms with Crippen molar-refractivity contribution in [2.24, 2.45) is 23.7 Å². The lowest BCUT2D eigenvalue weighted by molar-refractivity contribution is -0.156. The van der Waals surface area contributed by atoms with Crippen LogP contribution in [0.4, 0.5) is 0 Å². The summed E-state index contributed by atoms with van der Waals surface area (Å²) in [4.78, 5) is 22.7. The fraction of sp³-hybridized carbons (Fsp3) is 0.636. The Bertz CT molecular complexity index is 321. The molecule has 0 heterocycles. The molecule has 0 aromatic carbocycles. The number of methoxy groups -OCH3 is 1. The third kappa shape index (κ3) is 1.54. The number of carboxylic acids is 1. The number of ether oxygens (including phenoxy) is 1. The van der Waals surface area contributed by atoms with Gasteiger partial charge in [-0.05, 0) is 24.7 Å². The van der Waals surface area contributed by atoms with Crippen molar-refractivity contribution in [3.8, 4) is 0 Å². The maximum absolute atomic E-state index is 11.6. The van der Waals surface area contributed by atoms with Gasteiger partial charge in [0.2, 0.25) is 0 Å². The van der Waals surface area contributed by atoms with Gasteiger partial charge in [-0.1, -0.05) is 12.2 Å². The van der Waals surface area contributed by atoms with Gasteiger partial charge < -0.3 is 9.84 Å². The SMILES string of the molecule is COC(=O)C1C2C=CCC(C2)C1C(=O)O. The molecular weight excluding hydrogens is 196 g/mol. The quantitative estimate of drug-likeness (QED) is 0.547. The van der Waals surface area contributed by atoms with Crippen molar-refractivity contribution in [2.45, 2.75) is 12.8 Å². The smallest absolute Gasteiger partial charge is 0.310 e. The van der Waals surface area contributed by atoms with Crippen LogP contribution in [0.1, 0.15) is 12.8 Å². The van der Waals surface area contributed by atoms with Crippen molar-refractivity contribution < 1.29 is 19.4 Å². The Kier molecular flexibility index (Phi) is 2.50. The number of hydrogen-bond acceptors (Lipinski definition) is 3. The Morgan fingerprint density at radius 1 is 1.40 bits per heavy atom. The first-order valence-corrected chi connectivity index (χ1v) is 5.12. The fourth-order valence-electron chi connectivity index (χ4n) is 2.88. The van der Waals surface area contributed by atoms with Crippen molar-refractivity contribution in [2.75, 3.05) is 7.11 Å². The van der Waals surface area contributed by atoms with Crippen LogP contribution in [0.25, 0.3) is 0 Å². The molecule has 1 N–H and O–H groups in total. The van der Waals surface area contributed by atoms with Crippen LogP contribution in [0, 0.1) is 23.7 Å². The van der Waals surface area contributed by atoms with Gasteiger partial charge in [0.25, 0.3) is 0 Å². The first kappa shape index (κ1) is 10.2. The molecule has 0 radical (unpaired) electrons. The second kappa shape index (κ2) is 3.68. The Morgan fingerprint density at radius 3 is 2.73 bits per heavy atom. The molecule has 2 bridgehead atoms. The molecule has 0 amide bonds. The number of fused-ring (bicyclic) bond motifs is 2. The average molecular weight is 210 g/mol. The van der Waals surface area contributed by atoms with Crippen LogP contribution in [0.15, 0.2) is 12.2 Å². The van der Waals surface area contributed by atoms with Crippen molar-refractivity contribution in [3.63, 3.8) is 0 Å². The molecular formula is C11H14O4. The molecule has 2 aliphatic rings. The van der Waals surface area contributed by atoms with Crippen LogP contribution in [-0.2, 0) is 14.3 Å². The average Bonchev–Trinajstić information content (AvgIpc) is 2.49. The van der Waals surface area contributed by atoms with Crippen LogP contribution in [-0.4, -0.2) is 24.2 Å². The third-order valence-corrected chi connectivity index (χ3v) is 3.51. The number of allylic oxidation sites excluding steroid dienone is 2. The first-order valence-electron chi connectivity index (χ1n) is 5.12. The van der Waals surface area contributed by atoms with Crippen LogP contribution >= 0.6 is 0 Å². The molecule has 2 aliphatic carbocycles. The van der Waals surface area contributed by atoms with Gasteiger partial charge in [-0.15, -0.1) is 0 Å². The minimum absolute atomic E-state index is 0.0531. The monoisotopic (exact) mass is 210 g/mol. The van der Waals surface area contributed by atoms with Gasteiger partial charge in [0.1, 0.15) is 0 Å².